The van der Waals surface area contributed by atoms with Gasteiger partial charge in [0.2, 0.25) is 5.88 Å². The van der Waals surface area contributed by atoms with E-state index < -0.39 is 28.5 Å². The Hall–Kier alpha value is -3.39. The molecular weight excluding hydrogens is 374 g/mol. The predicted octanol–water partition coefficient (Wildman–Crippen LogP) is 2.15. The molecule has 2 heterocycles. The number of hydrogen-bond acceptors (Lipinski definition) is 5. The molecule has 0 aliphatic heterocycles. The van der Waals surface area contributed by atoms with Crippen molar-refractivity contribution >= 4 is 22.8 Å². The second kappa shape index (κ2) is 8.74. The molecule has 3 aromatic rings. The van der Waals surface area contributed by atoms with E-state index in [0.29, 0.717) is 13.0 Å². The van der Waals surface area contributed by atoms with Crippen molar-refractivity contribution in [1.29, 1.82) is 0 Å². The molecule has 0 atom stereocenters. The molecule has 0 amide bonds. The van der Waals surface area contributed by atoms with Crippen LogP contribution in [0.5, 0.6) is 5.88 Å². The van der Waals surface area contributed by atoms with Crippen molar-refractivity contribution in [3.63, 3.8) is 0 Å². The fourth-order valence-corrected chi connectivity index (χ4v) is 3.27. The maximum Gasteiger partial charge on any atom is 0.331 e. The van der Waals surface area contributed by atoms with Gasteiger partial charge in [-0.2, -0.15) is 0 Å². The first-order valence-corrected chi connectivity index (χ1v) is 9.33. The number of carbonyl (C=O) groups is 1. The Bertz CT molecular complexity index is 1180. The van der Waals surface area contributed by atoms with Gasteiger partial charge in [0, 0.05) is 49.5 Å². The van der Waals surface area contributed by atoms with Gasteiger partial charge in [0.15, 0.2) is 5.78 Å². The molecule has 0 radical (unpaired) electrons. The van der Waals surface area contributed by atoms with Crippen molar-refractivity contribution in [2.75, 3.05) is 13.7 Å². The van der Waals surface area contributed by atoms with Crippen LogP contribution in [0.1, 0.15) is 29.3 Å². The number of H-pyrrole nitrogens is 1. The van der Waals surface area contributed by atoms with E-state index in [9.17, 15) is 19.5 Å². The number of benzene rings is 1. The van der Waals surface area contributed by atoms with Gasteiger partial charge in [-0.05, 0) is 31.6 Å². The van der Waals surface area contributed by atoms with Crippen molar-refractivity contribution in [2.45, 2.75) is 26.4 Å². The van der Waals surface area contributed by atoms with Crippen molar-refractivity contribution in [2.24, 2.45) is 0 Å². The van der Waals surface area contributed by atoms with Crippen LogP contribution in [0.2, 0.25) is 0 Å². The van der Waals surface area contributed by atoms with Crippen LogP contribution >= 0.6 is 0 Å². The summed E-state index contributed by atoms with van der Waals surface area (Å²) in [6, 6.07) is 7.79. The SMILES string of the molecule is CCn1cc(C=CC(=O)c2c(O)n(CCCOC)c(=O)[nH]c2=O)c2ccccc21. The number of ether oxygens (including phenoxy) is 1. The van der Waals surface area contributed by atoms with Crippen LogP contribution in [-0.4, -0.2) is 38.7 Å². The number of fused-ring (bicyclic) bond motifs is 1. The van der Waals surface area contributed by atoms with Crippen molar-refractivity contribution in [3.05, 3.63) is 68.5 Å². The molecule has 0 aliphatic carbocycles. The summed E-state index contributed by atoms with van der Waals surface area (Å²) in [7, 11) is 1.52. The first-order chi connectivity index (χ1) is 14.0. The Balaban J connectivity index is 1.96. The number of methoxy groups -OCH3 is 1. The molecule has 8 heteroatoms. The lowest BCUT2D eigenvalue weighted by Gasteiger charge is -2.09. The summed E-state index contributed by atoms with van der Waals surface area (Å²) >= 11 is 0. The number of aryl methyl sites for hydroxylation is 1. The zero-order chi connectivity index (χ0) is 21.0. The standard InChI is InChI=1S/C21H23N3O5/c1-3-23-13-14(15-7-4-5-8-16(15)23)9-10-17(25)18-19(26)22-21(28)24(20(18)27)11-6-12-29-2/h4-5,7-10,13,27H,3,6,11-12H2,1-2H3,(H,22,26,28). The van der Waals surface area contributed by atoms with E-state index in [1.165, 1.54) is 13.2 Å². The van der Waals surface area contributed by atoms with Crippen LogP contribution < -0.4 is 11.2 Å². The van der Waals surface area contributed by atoms with Gasteiger partial charge in [0.1, 0.15) is 5.56 Å². The Labute approximate surface area is 166 Å². The summed E-state index contributed by atoms with van der Waals surface area (Å²) in [6.07, 6.45) is 5.20. The highest BCUT2D eigenvalue weighted by Gasteiger charge is 2.19. The van der Waals surface area contributed by atoms with Gasteiger partial charge in [0.25, 0.3) is 5.56 Å². The van der Waals surface area contributed by atoms with Crippen LogP contribution in [0.4, 0.5) is 0 Å². The van der Waals surface area contributed by atoms with Gasteiger partial charge < -0.3 is 14.4 Å². The van der Waals surface area contributed by atoms with Gasteiger partial charge in [0.05, 0.1) is 0 Å². The molecule has 0 saturated carbocycles. The highest BCUT2D eigenvalue weighted by molar-refractivity contribution is 6.08. The van der Waals surface area contributed by atoms with Gasteiger partial charge in [-0.15, -0.1) is 0 Å². The van der Waals surface area contributed by atoms with Gasteiger partial charge >= 0.3 is 5.69 Å². The molecule has 1 aromatic carbocycles. The highest BCUT2D eigenvalue weighted by Crippen LogP contribution is 2.23. The molecule has 0 unspecified atom stereocenters. The second-order valence-corrected chi connectivity index (χ2v) is 6.54. The minimum Gasteiger partial charge on any atom is -0.494 e. The third kappa shape index (κ3) is 4.07. The summed E-state index contributed by atoms with van der Waals surface area (Å²) < 4.78 is 7.95. The molecule has 0 bridgehead atoms. The third-order valence-corrected chi connectivity index (χ3v) is 4.72. The Morgan fingerprint density at radius 1 is 1.28 bits per heavy atom. The van der Waals surface area contributed by atoms with Gasteiger partial charge in [-0.1, -0.05) is 18.2 Å². The van der Waals surface area contributed by atoms with Crippen molar-refractivity contribution < 1.29 is 14.6 Å². The number of allylic oxidation sites excluding steroid dienone is 1. The largest absolute Gasteiger partial charge is 0.494 e. The predicted molar refractivity (Wildman–Crippen MR) is 110 cm³/mol. The number of aromatic hydroxyl groups is 1. The number of nitrogens with zero attached hydrogens (tertiary/aromatic N) is 2. The number of aromatic nitrogens is 3. The van der Waals surface area contributed by atoms with Crippen LogP contribution in [0, 0.1) is 0 Å². The zero-order valence-corrected chi connectivity index (χ0v) is 16.3. The van der Waals surface area contributed by atoms with E-state index in [2.05, 4.69) is 9.55 Å². The molecule has 152 valence electrons. The zero-order valence-electron chi connectivity index (χ0n) is 16.3. The molecule has 2 aromatic heterocycles. The number of ketones is 1. The Kier molecular flexibility index (Phi) is 6.13. The van der Waals surface area contributed by atoms with Crippen LogP contribution in [0.3, 0.4) is 0 Å². The summed E-state index contributed by atoms with van der Waals surface area (Å²) in [4.78, 5) is 38.9. The molecule has 2 N–H and O–H groups in total. The molecule has 0 spiro atoms. The normalized spacial score (nSPS) is 11.5. The average molecular weight is 397 g/mol. The van der Waals surface area contributed by atoms with Gasteiger partial charge in [-0.25, -0.2) is 4.79 Å². The van der Waals surface area contributed by atoms with Crippen LogP contribution in [0.15, 0.2) is 46.1 Å². The first-order valence-electron chi connectivity index (χ1n) is 9.33. The van der Waals surface area contributed by atoms with E-state index >= 15 is 0 Å². The van der Waals surface area contributed by atoms with E-state index in [0.717, 1.165) is 27.6 Å². The lowest BCUT2D eigenvalue weighted by atomic mass is 10.1. The first kappa shape index (κ1) is 20.3. The highest BCUT2D eigenvalue weighted by atomic mass is 16.5. The van der Waals surface area contributed by atoms with E-state index in [4.69, 9.17) is 4.74 Å². The fourth-order valence-electron chi connectivity index (χ4n) is 3.27. The number of aromatic amines is 1. The molecule has 0 fully saturated rings. The van der Waals surface area contributed by atoms with Crippen LogP contribution in [0.25, 0.3) is 17.0 Å². The topological polar surface area (TPSA) is 106 Å². The molecule has 0 aliphatic rings. The number of nitrogens with one attached hydrogen (secondary N) is 1. The lowest BCUT2D eigenvalue weighted by molar-refractivity contribution is 0.104. The monoisotopic (exact) mass is 397 g/mol. The lowest BCUT2D eigenvalue weighted by Crippen LogP contribution is -2.33. The minimum absolute atomic E-state index is 0.114. The Morgan fingerprint density at radius 2 is 2.03 bits per heavy atom. The van der Waals surface area contributed by atoms with E-state index in [1.807, 2.05) is 37.4 Å². The number of hydrogen-bond donors (Lipinski definition) is 2. The summed E-state index contributed by atoms with van der Waals surface area (Å²) in [5.41, 5.74) is -0.289. The maximum absolute atomic E-state index is 12.7. The van der Waals surface area contributed by atoms with Gasteiger partial charge in [-0.3, -0.25) is 19.1 Å². The summed E-state index contributed by atoms with van der Waals surface area (Å²) in [5, 5.41) is 11.3. The fraction of sp³-hybridized carbons (Fsp3) is 0.286. The number of para-hydroxylation sites is 1. The second-order valence-electron chi connectivity index (χ2n) is 6.54. The molecule has 3 rings (SSSR count). The van der Waals surface area contributed by atoms with Crippen LogP contribution in [-0.2, 0) is 17.8 Å². The summed E-state index contributed by atoms with van der Waals surface area (Å²) in [6.45, 7) is 3.28. The molecule has 8 nitrogen and oxygen atoms in total. The van der Waals surface area contributed by atoms with Crippen molar-refractivity contribution in [1.82, 2.24) is 14.1 Å². The minimum atomic E-state index is -0.916. The number of carbonyl (C=O) groups excluding carboxylic acids is 1. The van der Waals surface area contributed by atoms with E-state index in [1.54, 1.807) is 6.08 Å². The average Bonchev–Trinajstić information content (AvgIpc) is 3.06. The smallest absolute Gasteiger partial charge is 0.331 e. The quantitative estimate of drug-likeness (QED) is 0.344. The summed E-state index contributed by atoms with van der Waals surface area (Å²) in [5.74, 6) is -1.32. The molecular formula is C21H23N3O5. The Morgan fingerprint density at radius 3 is 2.76 bits per heavy atom. The van der Waals surface area contributed by atoms with Crippen molar-refractivity contribution in [3.8, 4) is 5.88 Å². The maximum atomic E-state index is 12.7. The molecule has 29 heavy (non-hydrogen) atoms. The number of rotatable bonds is 8. The molecule has 0 saturated heterocycles. The third-order valence-electron chi connectivity index (χ3n) is 4.72. The van der Waals surface area contributed by atoms with E-state index in [-0.39, 0.29) is 6.54 Å².